The number of thiazole rings is 1. The summed E-state index contributed by atoms with van der Waals surface area (Å²) in [5.74, 6) is 1.19. The smallest absolute Gasteiger partial charge is 0.227 e. The molecule has 0 saturated heterocycles. The minimum Gasteiger partial charge on any atom is -0.435 e. The second-order valence-corrected chi connectivity index (χ2v) is 7.38. The monoisotopic (exact) mass is 410 g/mol. The number of amides is 1. The Bertz CT molecular complexity index is 1150. The van der Waals surface area contributed by atoms with Crippen molar-refractivity contribution in [1.82, 2.24) is 15.0 Å². The summed E-state index contributed by atoms with van der Waals surface area (Å²) in [6.45, 7) is 3.34. The summed E-state index contributed by atoms with van der Waals surface area (Å²) < 4.78 is 6.16. The second kappa shape index (κ2) is 7.53. The van der Waals surface area contributed by atoms with E-state index in [0.29, 0.717) is 28.2 Å². The number of anilines is 1. The van der Waals surface area contributed by atoms with E-state index in [1.54, 1.807) is 24.5 Å². The number of carbonyl (C=O) groups is 1. The van der Waals surface area contributed by atoms with Gasteiger partial charge in [0, 0.05) is 35.8 Å². The number of rotatable bonds is 4. The Morgan fingerprint density at radius 1 is 1.21 bits per heavy atom. The molecule has 0 bridgehead atoms. The van der Waals surface area contributed by atoms with Crippen molar-refractivity contribution < 1.29 is 9.21 Å². The molecule has 4 rings (SSSR count). The Morgan fingerprint density at radius 2 is 2.04 bits per heavy atom. The number of hydrogen-bond acceptors (Lipinski definition) is 6. The van der Waals surface area contributed by atoms with Crippen LogP contribution in [-0.2, 0) is 4.79 Å². The van der Waals surface area contributed by atoms with Crippen LogP contribution in [0.15, 0.2) is 52.5 Å². The third-order valence-corrected chi connectivity index (χ3v) is 5.13. The molecule has 4 aromatic rings. The van der Waals surface area contributed by atoms with E-state index in [2.05, 4.69) is 15.3 Å². The van der Waals surface area contributed by atoms with Gasteiger partial charge in [-0.3, -0.25) is 4.79 Å². The van der Waals surface area contributed by atoms with Crippen LogP contribution < -0.4 is 5.32 Å². The molecule has 0 aliphatic heterocycles. The van der Waals surface area contributed by atoms with Crippen LogP contribution in [0.1, 0.15) is 12.5 Å². The Balaban J connectivity index is 1.90. The van der Waals surface area contributed by atoms with Crippen LogP contribution in [0.25, 0.3) is 33.5 Å². The first-order valence-electron chi connectivity index (χ1n) is 8.43. The second-order valence-electron chi connectivity index (χ2n) is 6.08. The van der Waals surface area contributed by atoms with E-state index >= 15 is 0 Å². The summed E-state index contributed by atoms with van der Waals surface area (Å²) in [6.07, 6.45) is 3.39. The summed E-state index contributed by atoms with van der Waals surface area (Å²) in [5, 5.41) is 5.86. The molecular formula is C20H15ClN4O2S. The van der Waals surface area contributed by atoms with E-state index in [9.17, 15) is 4.79 Å². The van der Waals surface area contributed by atoms with Crippen LogP contribution in [0.3, 0.4) is 0 Å². The summed E-state index contributed by atoms with van der Waals surface area (Å²) in [6, 6.07) is 9.17. The third-order valence-electron chi connectivity index (χ3n) is 4.02. The highest BCUT2D eigenvalue weighted by atomic mass is 35.5. The van der Waals surface area contributed by atoms with Crippen LogP contribution in [0.5, 0.6) is 0 Å². The fourth-order valence-electron chi connectivity index (χ4n) is 2.75. The predicted molar refractivity (Wildman–Crippen MR) is 110 cm³/mol. The number of carbonyl (C=O) groups excluding carboxylic acids is 1. The van der Waals surface area contributed by atoms with Gasteiger partial charge in [-0.15, -0.1) is 11.3 Å². The molecule has 0 radical (unpaired) electrons. The average Bonchev–Trinajstić information content (AvgIpc) is 3.32. The quantitative estimate of drug-likeness (QED) is 0.484. The molecule has 0 unspecified atom stereocenters. The zero-order valence-corrected chi connectivity index (χ0v) is 16.6. The maximum Gasteiger partial charge on any atom is 0.227 e. The predicted octanol–water partition coefficient (Wildman–Crippen LogP) is 5.45. The average molecular weight is 411 g/mol. The van der Waals surface area contributed by atoms with Crippen LogP contribution in [0, 0.1) is 6.92 Å². The van der Waals surface area contributed by atoms with Crippen molar-refractivity contribution >= 4 is 34.7 Å². The lowest BCUT2D eigenvalue weighted by atomic mass is 10.1. The molecule has 1 amide bonds. The molecule has 0 spiro atoms. The largest absolute Gasteiger partial charge is 0.435 e. The third kappa shape index (κ3) is 3.54. The molecule has 28 heavy (non-hydrogen) atoms. The van der Waals surface area contributed by atoms with Crippen molar-refractivity contribution in [2.45, 2.75) is 13.8 Å². The minimum absolute atomic E-state index is 0.199. The van der Waals surface area contributed by atoms with Gasteiger partial charge in [0.25, 0.3) is 0 Å². The minimum atomic E-state index is -0.199. The van der Waals surface area contributed by atoms with E-state index in [-0.39, 0.29) is 5.91 Å². The number of nitrogens with zero attached hydrogens (tertiary/aromatic N) is 3. The standard InChI is InChI=1S/C20H15ClN4O2S/c1-11-10-23-16(24-12(2)26)9-14(11)19-25-17(20-22-7-8-28-20)18(27-19)13-5-3-4-6-15(13)21/h3-10H,1-2H3,(H,23,24,26). The number of aromatic nitrogens is 3. The van der Waals surface area contributed by atoms with Gasteiger partial charge in [-0.25, -0.2) is 15.0 Å². The molecule has 3 aromatic heterocycles. The molecule has 6 nitrogen and oxygen atoms in total. The molecule has 3 heterocycles. The first-order valence-corrected chi connectivity index (χ1v) is 9.69. The molecule has 140 valence electrons. The number of hydrogen-bond donors (Lipinski definition) is 1. The number of oxazole rings is 1. The molecule has 0 saturated carbocycles. The van der Waals surface area contributed by atoms with Crippen LogP contribution in [0.4, 0.5) is 5.82 Å². The van der Waals surface area contributed by atoms with Gasteiger partial charge in [0.05, 0.1) is 5.02 Å². The Hall–Kier alpha value is -3.03. The van der Waals surface area contributed by atoms with E-state index in [0.717, 1.165) is 21.7 Å². The summed E-state index contributed by atoms with van der Waals surface area (Å²) >= 11 is 7.87. The molecular weight excluding hydrogens is 396 g/mol. The van der Waals surface area contributed by atoms with Crippen molar-refractivity contribution in [2.24, 2.45) is 0 Å². The van der Waals surface area contributed by atoms with Gasteiger partial charge in [-0.05, 0) is 30.7 Å². The van der Waals surface area contributed by atoms with Crippen LogP contribution >= 0.6 is 22.9 Å². The fourth-order valence-corrected chi connectivity index (χ4v) is 3.60. The van der Waals surface area contributed by atoms with Crippen LogP contribution in [-0.4, -0.2) is 20.9 Å². The van der Waals surface area contributed by atoms with Gasteiger partial charge < -0.3 is 9.73 Å². The van der Waals surface area contributed by atoms with Gasteiger partial charge in [0.1, 0.15) is 16.5 Å². The maximum atomic E-state index is 11.4. The van der Waals surface area contributed by atoms with Crippen molar-refractivity contribution in [3.63, 3.8) is 0 Å². The molecule has 1 aromatic carbocycles. The Kier molecular flexibility index (Phi) is 4.93. The van der Waals surface area contributed by atoms with Gasteiger partial charge in [0.2, 0.25) is 11.8 Å². The molecule has 8 heteroatoms. The van der Waals surface area contributed by atoms with Crippen molar-refractivity contribution in [3.8, 4) is 33.5 Å². The van der Waals surface area contributed by atoms with Crippen molar-refractivity contribution in [2.75, 3.05) is 5.32 Å². The lowest BCUT2D eigenvalue weighted by Gasteiger charge is -2.05. The van der Waals surface area contributed by atoms with E-state index in [1.807, 2.05) is 30.5 Å². The Morgan fingerprint density at radius 3 is 2.75 bits per heavy atom. The highest BCUT2D eigenvalue weighted by Gasteiger charge is 2.22. The van der Waals surface area contributed by atoms with Gasteiger partial charge in [-0.1, -0.05) is 23.7 Å². The maximum absolute atomic E-state index is 11.4. The Labute approximate surface area is 170 Å². The first kappa shape index (κ1) is 18.3. The number of halogens is 1. The lowest BCUT2D eigenvalue weighted by Crippen LogP contribution is -2.07. The molecule has 1 N–H and O–H groups in total. The van der Waals surface area contributed by atoms with E-state index < -0.39 is 0 Å². The van der Waals surface area contributed by atoms with E-state index in [4.69, 9.17) is 21.0 Å². The zero-order valence-electron chi connectivity index (χ0n) is 15.1. The van der Waals surface area contributed by atoms with Gasteiger partial charge >= 0.3 is 0 Å². The number of benzene rings is 1. The van der Waals surface area contributed by atoms with Gasteiger partial charge in [0.15, 0.2) is 5.76 Å². The number of aryl methyl sites for hydroxylation is 1. The van der Waals surface area contributed by atoms with Crippen LogP contribution in [0.2, 0.25) is 5.02 Å². The topological polar surface area (TPSA) is 80.9 Å². The molecule has 0 atom stereocenters. The molecule has 0 aliphatic carbocycles. The lowest BCUT2D eigenvalue weighted by molar-refractivity contribution is -0.114. The summed E-state index contributed by atoms with van der Waals surface area (Å²) in [5.41, 5.74) is 2.96. The van der Waals surface area contributed by atoms with Gasteiger partial charge in [-0.2, -0.15) is 0 Å². The summed E-state index contributed by atoms with van der Waals surface area (Å²) in [7, 11) is 0. The highest BCUT2D eigenvalue weighted by Crippen LogP contribution is 2.40. The number of nitrogens with one attached hydrogen (secondary N) is 1. The van der Waals surface area contributed by atoms with E-state index in [1.165, 1.54) is 18.3 Å². The van der Waals surface area contributed by atoms with Crippen molar-refractivity contribution in [1.29, 1.82) is 0 Å². The zero-order chi connectivity index (χ0) is 19.7. The normalized spacial score (nSPS) is 10.8. The molecule has 0 aliphatic rings. The first-order chi connectivity index (χ1) is 13.5. The fraction of sp³-hybridized carbons (Fsp3) is 0.100. The van der Waals surface area contributed by atoms with Crippen molar-refractivity contribution in [3.05, 3.63) is 58.7 Å². The SMILES string of the molecule is CC(=O)Nc1cc(-c2nc(-c3nccs3)c(-c3ccccc3Cl)o2)c(C)cn1. The summed E-state index contributed by atoms with van der Waals surface area (Å²) in [4.78, 5) is 24.7. The number of pyridine rings is 1. The molecule has 0 fully saturated rings. The highest BCUT2D eigenvalue weighted by molar-refractivity contribution is 7.13.